The lowest BCUT2D eigenvalue weighted by atomic mass is 9.76. The predicted molar refractivity (Wildman–Crippen MR) is 281 cm³/mol. The molecule has 5 nitrogen and oxygen atoms in total. The maximum Gasteiger partial charge on any atom is 0.175 e. The summed E-state index contributed by atoms with van der Waals surface area (Å²) in [5.74, 6) is 0. The Labute approximate surface area is 395 Å². The molecule has 0 bridgehead atoms. The highest BCUT2D eigenvalue weighted by molar-refractivity contribution is 7.99. The molecule has 4 aromatic heterocycles. The summed E-state index contributed by atoms with van der Waals surface area (Å²) in [6, 6.07) is 86.8. The van der Waals surface area contributed by atoms with Gasteiger partial charge in [0, 0.05) is 59.8 Å². The first kappa shape index (κ1) is 37.6. The van der Waals surface area contributed by atoms with E-state index in [0.717, 1.165) is 44.3 Å². The lowest BCUT2D eigenvalue weighted by Crippen LogP contribution is -2.40. The molecule has 6 heteroatoms. The highest BCUT2D eigenvalue weighted by atomic mass is 32.2. The minimum Gasteiger partial charge on any atom is -0.309 e. The van der Waals surface area contributed by atoms with Crippen LogP contribution in [-0.4, -0.2) is 23.3 Å². The second-order valence-corrected chi connectivity index (χ2v) is 18.9. The molecule has 1 aliphatic heterocycles. The third kappa shape index (κ3) is 5.09. The van der Waals surface area contributed by atoms with Crippen LogP contribution in [0.2, 0.25) is 0 Å². The number of aromatic nitrogens is 5. The molecule has 0 spiro atoms. The number of nitrogens with zero attached hydrogens (tertiary/aromatic N) is 5. The molecule has 0 atom stereocenters. The van der Waals surface area contributed by atoms with Crippen LogP contribution in [-0.2, 0) is 5.54 Å². The van der Waals surface area contributed by atoms with Crippen LogP contribution in [0.15, 0.2) is 247 Å². The Kier molecular flexibility index (Phi) is 7.86. The van der Waals surface area contributed by atoms with Crippen LogP contribution in [0.5, 0.6) is 0 Å². The summed E-state index contributed by atoms with van der Waals surface area (Å²) in [5.41, 5.74) is 15.5. The highest BCUT2D eigenvalue weighted by Crippen LogP contribution is 2.54. The zero-order valence-corrected chi connectivity index (χ0v) is 37.5. The molecule has 0 N–H and O–H groups in total. The van der Waals surface area contributed by atoms with Crippen LogP contribution in [0, 0.1) is 0 Å². The molecule has 10 aromatic carbocycles. The quantitative estimate of drug-likeness (QED) is 0.172. The topological polar surface area (TPSA) is 32.6 Å². The summed E-state index contributed by atoms with van der Waals surface area (Å²) in [7, 11) is 0. The fourth-order valence-electron chi connectivity index (χ4n) is 11.7. The van der Waals surface area contributed by atoms with Gasteiger partial charge in [-0.25, -0.2) is 4.98 Å². The average molecular weight is 886 g/mol. The molecule has 5 heterocycles. The Bertz CT molecular complexity index is 4040. The van der Waals surface area contributed by atoms with Crippen LogP contribution < -0.4 is 0 Å². The van der Waals surface area contributed by atoms with E-state index in [1.165, 1.54) is 76.0 Å². The molecule has 15 rings (SSSR count). The van der Waals surface area contributed by atoms with Crippen LogP contribution in [0.3, 0.4) is 0 Å². The fourth-order valence-corrected chi connectivity index (χ4v) is 12.9. The minimum atomic E-state index is -0.678. The van der Waals surface area contributed by atoms with Gasteiger partial charge in [0.15, 0.2) is 5.16 Å². The van der Waals surface area contributed by atoms with Crippen LogP contribution in [0.4, 0.5) is 0 Å². The minimum absolute atomic E-state index is 0.678. The standard InChI is InChI=1S/C62H39N5S/c1-3-17-40(18-4-1)62(41-19-5-2-6-20-41)51-34-31-44(39-60(51)68-61-63-52-25-11-16-30-59(52)67(61)62)66-57-35-32-42(64-53-26-12-7-21-45(53)46-22-8-13-27-54(46)64)37-49(57)50-38-43(33-36-58(50)66)65-55-28-14-9-23-47(55)48-24-10-15-29-56(48)65/h1-39H. The van der Waals surface area contributed by atoms with Gasteiger partial charge >= 0.3 is 0 Å². The van der Waals surface area contributed by atoms with Crippen molar-refractivity contribution in [2.24, 2.45) is 0 Å². The van der Waals surface area contributed by atoms with Gasteiger partial charge in [0.25, 0.3) is 0 Å². The molecule has 0 saturated carbocycles. The van der Waals surface area contributed by atoms with Gasteiger partial charge < -0.3 is 13.7 Å². The summed E-state index contributed by atoms with van der Waals surface area (Å²) in [6.07, 6.45) is 0. The van der Waals surface area contributed by atoms with Gasteiger partial charge in [-0.1, -0.05) is 163 Å². The van der Waals surface area contributed by atoms with Gasteiger partial charge in [-0.05, 0) is 96.1 Å². The van der Waals surface area contributed by atoms with E-state index in [1.54, 1.807) is 11.8 Å². The van der Waals surface area contributed by atoms with E-state index >= 15 is 0 Å². The zero-order chi connectivity index (χ0) is 44.5. The summed E-state index contributed by atoms with van der Waals surface area (Å²) < 4.78 is 9.81. The summed E-state index contributed by atoms with van der Waals surface area (Å²) >= 11 is 1.76. The summed E-state index contributed by atoms with van der Waals surface area (Å²) in [4.78, 5) is 6.54. The van der Waals surface area contributed by atoms with Gasteiger partial charge in [0.1, 0.15) is 5.54 Å². The van der Waals surface area contributed by atoms with E-state index < -0.39 is 5.54 Å². The van der Waals surface area contributed by atoms with E-state index in [2.05, 4.69) is 255 Å². The van der Waals surface area contributed by atoms with E-state index in [1.807, 2.05) is 0 Å². The van der Waals surface area contributed by atoms with Crippen LogP contribution >= 0.6 is 11.8 Å². The number of fused-ring (bicyclic) bond motifs is 13. The first-order valence-electron chi connectivity index (χ1n) is 23.2. The van der Waals surface area contributed by atoms with Crippen molar-refractivity contribution >= 4 is 88.2 Å². The van der Waals surface area contributed by atoms with Crippen LogP contribution in [0.1, 0.15) is 16.7 Å². The molecule has 318 valence electrons. The monoisotopic (exact) mass is 885 g/mol. The van der Waals surface area contributed by atoms with Crippen molar-refractivity contribution in [1.82, 2.24) is 23.3 Å². The number of benzene rings is 10. The van der Waals surface area contributed by atoms with E-state index in [4.69, 9.17) is 4.98 Å². The Balaban J connectivity index is 1.01. The van der Waals surface area contributed by atoms with Gasteiger partial charge in [0.05, 0.1) is 44.1 Å². The fraction of sp³-hybridized carbons (Fsp3) is 0.0161. The van der Waals surface area contributed by atoms with Crippen molar-refractivity contribution in [3.63, 3.8) is 0 Å². The number of rotatable bonds is 5. The average Bonchev–Trinajstić information content (AvgIpc) is 4.14. The Morgan fingerprint density at radius 1 is 0.324 bits per heavy atom. The lowest BCUT2D eigenvalue weighted by Gasteiger charge is -2.42. The lowest BCUT2D eigenvalue weighted by molar-refractivity contribution is 0.473. The number of para-hydroxylation sites is 6. The Hall–Kier alpha value is -8.58. The largest absolute Gasteiger partial charge is 0.309 e. The van der Waals surface area contributed by atoms with Gasteiger partial charge in [-0.2, -0.15) is 0 Å². The first-order chi connectivity index (χ1) is 33.7. The molecule has 14 aromatic rings. The number of hydrogen-bond acceptors (Lipinski definition) is 2. The predicted octanol–water partition coefficient (Wildman–Crippen LogP) is 15.6. The molecule has 0 saturated heterocycles. The molecule has 0 unspecified atom stereocenters. The van der Waals surface area contributed by atoms with E-state index in [0.29, 0.717) is 0 Å². The molecule has 0 fully saturated rings. The van der Waals surface area contributed by atoms with Gasteiger partial charge in [-0.15, -0.1) is 0 Å². The Morgan fingerprint density at radius 3 is 1.19 bits per heavy atom. The van der Waals surface area contributed by atoms with Crippen molar-refractivity contribution in [3.05, 3.63) is 253 Å². The SMILES string of the molecule is c1ccc(C2(c3ccccc3)c3ccc(-n4c5ccc(-n6c7ccccc7c7ccccc76)cc5c5cc(-n6c7ccccc7c7ccccc76)ccc54)cc3Sc3nc4ccccc4n32)cc1. The molecule has 68 heavy (non-hydrogen) atoms. The van der Waals surface area contributed by atoms with Gasteiger partial charge in [-0.3, -0.25) is 4.57 Å². The maximum atomic E-state index is 5.36. The zero-order valence-electron chi connectivity index (χ0n) is 36.7. The Morgan fingerprint density at radius 2 is 0.706 bits per heavy atom. The van der Waals surface area contributed by atoms with Crippen molar-refractivity contribution in [2.45, 2.75) is 15.6 Å². The third-order valence-electron chi connectivity index (χ3n) is 14.5. The first-order valence-corrected chi connectivity index (χ1v) is 24.0. The summed E-state index contributed by atoms with van der Waals surface area (Å²) in [6.45, 7) is 0. The third-order valence-corrected chi connectivity index (χ3v) is 15.5. The molecule has 0 radical (unpaired) electrons. The smallest absolute Gasteiger partial charge is 0.175 e. The second-order valence-electron chi connectivity index (χ2n) is 17.9. The van der Waals surface area contributed by atoms with Crippen molar-refractivity contribution in [1.29, 1.82) is 0 Å². The highest BCUT2D eigenvalue weighted by Gasteiger charge is 2.46. The van der Waals surface area contributed by atoms with E-state index in [-0.39, 0.29) is 0 Å². The van der Waals surface area contributed by atoms with Crippen molar-refractivity contribution in [2.75, 3.05) is 0 Å². The maximum absolute atomic E-state index is 5.36. The molecule has 0 amide bonds. The van der Waals surface area contributed by atoms with E-state index in [9.17, 15) is 0 Å². The second kappa shape index (κ2) is 14.2. The molecular formula is C62H39N5S. The number of imidazole rings is 1. The molecule has 1 aliphatic rings. The van der Waals surface area contributed by atoms with Gasteiger partial charge in [0.2, 0.25) is 0 Å². The van der Waals surface area contributed by atoms with Crippen molar-refractivity contribution < 1.29 is 0 Å². The molecular weight excluding hydrogens is 847 g/mol. The molecule has 0 aliphatic carbocycles. The normalized spacial score (nSPS) is 13.4. The van der Waals surface area contributed by atoms with Crippen LogP contribution in [0.25, 0.3) is 93.5 Å². The number of hydrogen-bond donors (Lipinski definition) is 0. The van der Waals surface area contributed by atoms with Crippen molar-refractivity contribution in [3.8, 4) is 17.1 Å². The summed E-state index contributed by atoms with van der Waals surface area (Å²) in [5, 5.41) is 8.36.